The SMILES string of the molecule is CC(C)[C@H]1CC[C@H](C)C[C@@H]1OC(=O)C(C)(C)C. The average Bonchev–Trinajstić information content (AvgIpc) is 2.15. The minimum absolute atomic E-state index is 0.0535. The van der Waals surface area contributed by atoms with Crippen LogP contribution in [0.5, 0.6) is 0 Å². The monoisotopic (exact) mass is 240 g/mol. The molecule has 0 bridgehead atoms. The van der Waals surface area contributed by atoms with Gasteiger partial charge in [0.05, 0.1) is 5.41 Å². The summed E-state index contributed by atoms with van der Waals surface area (Å²) in [4.78, 5) is 12.0. The number of hydrogen-bond donors (Lipinski definition) is 0. The van der Waals surface area contributed by atoms with Crippen LogP contribution in [0.4, 0.5) is 0 Å². The van der Waals surface area contributed by atoms with Crippen LogP contribution in [-0.2, 0) is 9.53 Å². The lowest BCUT2D eigenvalue weighted by molar-refractivity contribution is -0.165. The Hall–Kier alpha value is -0.530. The number of carbonyl (C=O) groups excluding carboxylic acids is 1. The van der Waals surface area contributed by atoms with E-state index in [9.17, 15) is 4.79 Å². The van der Waals surface area contributed by atoms with Gasteiger partial charge in [-0.2, -0.15) is 0 Å². The molecule has 0 N–H and O–H groups in total. The van der Waals surface area contributed by atoms with Gasteiger partial charge in [0, 0.05) is 0 Å². The lowest BCUT2D eigenvalue weighted by atomic mass is 9.75. The lowest BCUT2D eigenvalue weighted by Crippen LogP contribution is -2.38. The number of rotatable bonds is 2. The van der Waals surface area contributed by atoms with Crippen LogP contribution in [-0.4, -0.2) is 12.1 Å². The molecule has 0 saturated heterocycles. The van der Waals surface area contributed by atoms with Crippen molar-refractivity contribution < 1.29 is 9.53 Å². The molecule has 0 spiro atoms. The molecule has 0 aliphatic heterocycles. The second kappa shape index (κ2) is 5.41. The topological polar surface area (TPSA) is 26.3 Å². The van der Waals surface area contributed by atoms with Crippen molar-refractivity contribution >= 4 is 5.97 Å². The first-order valence-electron chi connectivity index (χ1n) is 6.93. The third-order valence-corrected chi connectivity index (χ3v) is 3.83. The predicted octanol–water partition coefficient (Wildman–Crippen LogP) is 4.04. The maximum atomic E-state index is 12.0. The van der Waals surface area contributed by atoms with E-state index >= 15 is 0 Å². The highest BCUT2D eigenvalue weighted by Crippen LogP contribution is 2.36. The van der Waals surface area contributed by atoms with E-state index in [-0.39, 0.29) is 17.5 Å². The van der Waals surface area contributed by atoms with Crippen molar-refractivity contribution in [2.24, 2.45) is 23.2 Å². The van der Waals surface area contributed by atoms with Crippen molar-refractivity contribution in [3.05, 3.63) is 0 Å². The molecule has 3 atom stereocenters. The molecule has 2 nitrogen and oxygen atoms in total. The van der Waals surface area contributed by atoms with Crippen molar-refractivity contribution in [2.75, 3.05) is 0 Å². The van der Waals surface area contributed by atoms with Gasteiger partial charge < -0.3 is 4.74 Å². The molecule has 0 radical (unpaired) electrons. The van der Waals surface area contributed by atoms with Crippen molar-refractivity contribution in [3.8, 4) is 0 Å². The Morgan fingerprint density at radius 1 is 1.24 bits per heavy atom. The molecule has 0 unspecified atom stereocenters. The van der Waals surface area contributed by atoms with Gasteiger partial charge in [-0.25, -0.2) is 0 Å². The van der Waals surface area contributed by atoms with Gasteiger partial charge in [0.25, 0.3) is 0 Å². The molecule has 17 heavy (non-hydrogen) atoms. The molecule has 0 aromatic rings. The van der Waals surface area contributed by atoms with Gasteiger partial charge in [-0.05, 0) is 51.4 Å². The minimum atomic E-state index is -0.387. The normalized spacial score (nSPS) is 30.4. The highest BCUT2D eigenvalue weighted by Gasteiger charge is 2.35. The summed E-state index contributed by atoms with van der Waals surface area (Å²) in [6, 6.07) is 0. The molecule has 1 saturated carbocycles. The summed E-state index contributed by atoms with van der Waals surface area (Å²) < 4.78 is 5.76. The zero-order valence-corrected chi connectivity index (χ0v) is 12.2. The molecule has 2 heteroatoms. The van der Waals surface area contributed by atoms with Crippen LogP contribution >= 0.6 is 0 Å². The predicted molar refractivity (Wildman–Crippen MR) is 70.7 cm³/mol. The Kier molecular flexibility index (Phi) is 4.62. The van der Waals surface area contributed by atoms with Gasteiger partial charge in [0.2, 0.25) is 0 Å². The van der Waals surface area contributed by atoms with E-state index in [1.807, 2.05) is 20.8 Å². The molecule has 1 rings (SSSR count). The van der Waals surface area contributed by atoms with Crippen LogP contribution in [0.15, 0.2) is 0 Å². The number of hydrogen-bond acceptors (Lipinski definition) is 2. The van der Waals surface area contributed by atoms with Gasteiger partial charge in [-0.1, -0.05) is 27.2 Å². The second-order valence-corrected chi connectivity index (χ2v) is 7.02. The number of ether oxygens (including phenoxy) is 1. The summed E-state index contributed by atoms with van der Waals surface area (Å²) >= 11 is 0. The smallest absolute Gasteiger partial charge is 0.311 e. The van der Waals surface area contributed by atoms with E-state index < -0.39 is 0 Å². The molecule has 0 aromatic heterocycles. The zero-order valence-electron chi connectivity index (χ0n) is 12.2. The Bertz CT molecular complexity index is 263. The molecular formula is C15H28O2. The molecule has 1 fully saturated rings. The van der Waals surface area contributed by atoms with E-state index in [1.54, 1.807) is 0 Å². The fourth-order valence-corrected chi connectivity index (χ4v) is 2.56. The van der Waals surface area contributed by atoms with Crippen LogP contribution in [0.25, 0.3) is 0 Å². The Morgan fingerprint density at radius 3 is 2.29 bits per heavy atom. The quantitative estimate of drug-likeness (QED) is 0.681. The van der Waals surface area contributed by atoms with Crippen molar-refractivity contribution in [2.45, 2.75) is 66.9 Å². The standard InChI is InChI=1S/C15H28O2/c1-10(2)12-8-7-11(3)9-13(12)17-14(16)15(4,5)6/h10-13H,7-9H2,1-6H3/t11-,12+,13-/m0/s1. The second-order valence-electron chi connectivity index (χ2n) is 7.02. The zero-order chi connectivity index (χ0) is 13.2. The summed E-state index contributed by atoms with van der Waals surface area (Å²) in [5.74, 6) is 1.77. The van der Waals surface area contributed by atoms with Crippen LogP contribution in [0.2, 0.25) is 0 Å². The molecule has 0 amide bonds. The largest absolute Gasteiger partial charge is 0.462 e. The van der Waals surface area contributed by atoms with Crippen molar-refractivity contribution in [3.63, 3.8) is 0 Å². The number of carbonyl (C=O) groups is 1. The summed E-state index contributed by atoms with van der Waals surface area (Å²) in [7, 11) is 0. The van der Waals surface area contributed by atoms with Gasteiger partial charge in [0.1, 0.15) is 6.10 Å². The van der Waals surface area contributed by atoms with Gasteiger partial charge in [-0.3, -0.25) is 4.79 Å². The van der Waals surface area contributed by atoms with Crippen LogP contribution < -0.4 is 0 Å². The van der Waals surface area contributed by atoms with Gasteiger partial charge in [0.15, 0.2) is 0 Å². The first kappa shape index (κ1) is 14.5. The Labute approximate surface area is 106 Å². The highest BCUT2D eigenvalue weighted by molar-refractivity contribution is 5.75. The first-order valence-corrected chi connectivity index (χ1v) is 6.93. The summed E-state index contributed by atoms with van der Waals surface area (Å²) in [5.41, 5.74) is -0.387. The lowest BCUT2D eigenvalue weighted by Gasteiger charge is -2.37. The van der Waals surface area contributed by atoms with E-state index in [4.69, 9.17) is 4.74 Å². The minimum Gasteiger partial charge on any atom is -0.462 e. The summed E-state index contributed by atoms with van der Waals surface area (Å²) in [5, 5.41) is 0. The maximum Gasteiger partial charge on any atom is 0.311 e. The Morgan fingerprint density at radius 2 is 1.82 bits per heavy atom. The molecule has 1 aliphatic carbocycles. The van der Waals surface area contributed by atoms with E-state index in [1.165, 1.54) is 12.8 Å². The maximum absolute atomic E-state index is 12.0. The van der Waals surface area contributed by atoms with E-state index in [0.29, 0.717) is 17.8 Å². The highest BCUT2D eigenvalue weighted by atomic mass is 16.5. The van der Waals surface area contributed by atoms with Crippen molar-refractivity contribution in [1.29, 1.82) is 0 Å². The molecular weight excluding hydrogens is 212 g/mol. The van der Waals surface area contributed by atoms with Crippen LogP contribution in [0.3, 0.4) is 0 Å². The molecule has 1 aliphatic rings. The fraction of sp³-hybridized carbons (Fsp3) is 0.933. The molecule has 0 heterocycles. The van der Waals surface area contributed by atoms with E-state index in [0.717, 1.165) is 6.42 Å². The average molecular weight is 240 g/mol. The van der Waals surface area contributed by atoms with Crippen molar-refractivity contribution in [1.82, 2.24) is 0 Å². The third kappa shape index (κ3) is 4.01. The summed E-state index contributed by atoms with van der Waals surface area (Å²) in [6.07, 6.45) is 3.63. The summed E-state index contributed by atoms with van der Waals surface area (Å²) in [6.45, 7) is 12.5. The first-order chi connectivity index (χ1) is 7.71. The molecule has 100 valence electrons. The fourth-order valence-electron chi connectivity index (χ4n) is 2.56. The van der Waals surface area contributed by atoms with Gasteiger partial charge in [-0.15, -0.1) is 0 Å². The van der Waals surface area contributed by atoms with E-state index in [2.05, 4.69) is 20.8 Å². The van der Waals surface area contributed by atoms with Gasteiger partial charge >= 0.3 is 5.97 Å². The van der Waals surface area contributed by atoms with Crippen LogP contribution in [0.1, 0.15) is 60.8 Å². The number of esters is 1. The Balaban J connectivity index is 2.67. The van der Waals surface area contributed by atoms with Crippen LogP contribution in [0, 0.1) is 23.2 Å². The third-order valence-electron chi connectivity index (χ3n) is 3.83. The molecule has 0 aromatic carbocycles.